The van der Waals surface area contributed by atoms with Gasteiger partial charge in [0.1, 0.15) is 0 Å². The molecule has 1 aromatic carbocycles. The van der Waals surface area contributed by atoms with Crippen LogP contribution in [0.5, 0.6) is 0 Å². The van der Waals surface area contributed by atoms with Crippen molar-refractivity contribution in [2.75, 3.05) is 33.2 Å². The van der Waals surface area contributed by atoms with Gasteiger partial charge in [-0.15, -0.1) is 12.4 Å². The van der Waals surface area contributed by atoms with Gasteiger partial charge in [0, 0.05) is 31.7 Å². The highest BCUT2D eigenvalue weighted by molar-refractivity contribution is 7.89. The summed E-state index contributed by atoms with van der Waals surface area (Å²) in [6.07, 6.45) is 1.96. The van der Waals surface area contributed by atoms with Gasteiger partial charge in [0.05, 0.1) is 4.90 Å². The molecule has 1 aromatic rings. The van der Waals surface area contributed by atoms with Crippen molar-refractivity contribution in [1.82, 2.24) is 14.5 Å². The normalized spacial score (nSPS) is 15.9. The molecule has 1 heterocycles. The molecule has 0 saturated carbocycles. The third-order valence-corrected chi connectivity index (χ3v) is 7.10. The maximum Gasteiger partial charge on any atom is 0.253 e. The SMILES string of the molecule is CCNCC1CCN(C(=O)c2cccc(S(=O)(=O)N(C)C(C)C)c2)CC1.Cl. The Hall–Kier alpha value is -1.15. The minimum absolute atomic E-state index is 0. The van der Waals surface area contributed by atoms with Crippen molar-refractivity contribution in [3.05, 3.63) is 29.8 Å². The largest absolute Gasteiger partial charge is 0.339 e. The van der Waals surface area contributed by atoms with Crippen LogP contribution >= 0.6 is 12.4 Å². The summed E-state index contributed by atoms with van der Waals surface area (Å²) in [4.78, 5) is 14.8. The number of amides is 1. The standard InChI is InChI=1S/C19H31N3O3S.ClH/c1-5-20-14-16-9-11-22(12-10-16)19(23)17-7-6-8-18(13-17)26(24,25)21(4)15(2)3;/h6-8,13,15-16,20H,5,9-12,14H2,1-4H3;1H. The molecule has 2 rings (SSSR count). The molecule has 1 aliphatic rings. The first-order valence-corrected chi connectivity index (χ1v) is 10.8. The molecule has 8 heteroatoms. The zero-order valence-corrected chi connectivity index (χ0v) is 18.3. The summed E-state index contributed by atoms with van der Waals surface area (Å²) in [7, 11) is -2.03. The predicted octanol–water partition coefficient (Wildman–Crippen LogP) is 2.60. The smallest absolute Gasteiger partial charge is 0.253 e. The highest BCUT2D eigenvalue weighted by Gasteiger charge is 2.26. The van der Waals surface area contributed by atoms with E-state index >= 15 is 0 Å². The first-order chi connectivity index (χ1) is 12.3. The summed E-state index contributed by atoms with van der Waals surface area (Å²) in [5.41, 5.74) is 0.438. The molecule has 1 fully saturated rings. The number of hydrogen-bond acceptors (Lipinski definition) is 4. The number of sulfonamides is 1. The number of piperidine rings is 1. The summed E-state index contributed by atoms with van der Waals surface area (Å²) < 4.78 is 26.6. The first kappa shape index (κ1) is 23.9. The van der Waals surface area contributed by atoms with E-state index < -0.39 is 10.0 Å². The van der Waals surface area contributed by atoms with Crippen molar-refractivity contribution in [1.29, 1.82) is 0 Å². The molecular weight excluding hydrogens is 386 g/mol. The van der Waals surface area contributed by atoms with E-state index in [0.29, 0.717) is 11.5 Å². The molecule has 0 aliphatic carbocycles. The zero-order valence-electron chi connectivity index (χ0n) is 16.6. The van der Waals surface area contributed by atoms with Crippen molar-refractivity contribution in [2.24, 2.45) is 5.92 Å². The molecule has 27 heavy (non-hydrogen) atoms. The van der Waals surface area contributed by atoms with Gasteiger partial charge in [-0.3, -0.25) is 4.79 Å². The summed E-state index contributed by atoms with van der Waals surface area (Å²) in [5.74, 6) is 0.515. The molecule has 0 atom stereocenters. The fourth-order valence-corrected chi connectivity index (χ4v) is 4.52. The second-order valence-electron chi connectivity index (χ2n) is 7.19. The molecule has 1 aliphatic heterocycles. The van der Waals surface area contributed by atoms with Gasteiger partial charge in [-0.05, 0) is 63.9 Å². The van der Waals surface area contributed by atoms with Crippen LogP contribution in [-0.2, 0) is 10.0 Å². The van der Waals surface area contributed by atoms with Crippen LogP contribution in [0.3, 0.4) is 0 Å². The molecule has 0 aromatic heterocycles. The van der Waals surface area contributed by atoms with Crippen molar-refractivity contribution in [3.63, 3.8) is 0 Å². The lowest BCUT2D eigenvalue weighted by molar-refractivity contribution is 0.0690. The van der Waals surface area contributed by atoms with E-state index in [2.05, 4.69) is 12.2 Å². The molecule has 1 N–H and O–H groups in total. The van der Waals surface area contributed by atoms with Crippen LogP contribution in [0.15, 0.2) is 29.2 Å². The Labute approximate surface area is 169 Å². The van der Waals surface area contributed by atoms with Crippen LogP contribution in [0.4, 0.5) is 0 Å². The second-order valence-corrected chi connectivity index (χ2v) is 9.18. The van der Waals surface area contributed by atoms with Crippen molar-refractivity contribution in [3.8, 4) is 0 Å². The molecule has 0 unspecified atom stereocenters. The van der Waals surface area contributed by atoms with Gasteiger partial charge in [-0.1, -0.05) is 13.0 Å². The number of nitrogens with zero attached hydrogens (tertiary/aromatic N) is 2. The Morgan fingerprint density at radius 3 is 2.48 bits per heavy atom. The fourth-order valence-electron chi connectivity index (χ4n) is 3.10. The monoisotopic (exact) mass is 417 g/mol. The molecule has 154 valence electrons. The van der Waals surface area contributed by atoms with E-state index in [0.717, 1.165) is 39.0 Å². The third kappa shape index (κ3) is 5.91. The zero-order chi connectivity index (χ0) is 19.3. The Bertz CT molecular complexity index is 717. The number of benzene rings is 1. The number of halogens is 1. The van der Waals surface area contributed by atoms with E-state index in [1.54, 1.807) is 25.2 Å². The lowest BCUT2D eigenvalue weighted by Crippen LogP contribution is -2.40. The fraction of sp³-hybridized carbons (Fsp3) is 0.632. The van der Waals surface area contributed by atoms with Gasteiger partial charge in [0.15, 0.2) is 0 Å². The molecule has 1 amide bonds. The van der Waals surface area contributed by atoms with Crippen LogP contribution in [0.25, 0.3) is 0 Å². The van der Waals surface area contributed by atoms with Gasteiger partial charge in [-0.25, -0.2) is 8.42 Å². The van der Waals surface area contributed by atoms with Crippen LogP contribution in [0, 0.1) is 5.92 Å². The van der Waals surface area contributed by atoms with Crippen molar-refractivity contribution < 1.29 is 13.2 Å². The molecule has 6 nitrogen and oxygen atoms in total. The average Bonchev–Trinajstić information content (AvgIpc) is 2.65. The number of carbonyl (C=O) groups is 1. The van der Waals surface area contributed by atoms with E-state index in [-0.39, 0.29) is 29.3 Å². The first-order valence-electron chi connectivity index (χ1n) is 9.35. The van der Waals surface area contributed by atoms with E-state index in [9.17, 15) is 13.2 Å². The maximum absolute atomic E-state index is 12.8. The molecule has 1 saturated heterocycles. The Morgan fingerprint density at radius 1 is 1.30 bits per heavy atom. The number of rotatable bonds is 7. The lowest BCUT2D eigenvalue weighted by Gasteiger charge is -2.32. The summed E-state index contributed by atoms with van der Waals surface area (Å²) in [5, 5.41) is 3.36. The molecule has 0 bridgehead atoms. The van der Waals surface area contributed by atoms with Crippen LogP contribution in [-0.4, -0.2) is 62.8 Å². The molecule has 0 radical (unpaired) electrons. The van der Waals surface area contributed by atoms with Crippen molar-refractivity contribution >= 4 is 28.3 Å². The van der Waals surface area contributed by atoms with Gasteiger partial charge in [0.2, 0.25) is 10.0 Å². The van der Waals surface area contributed by atoms with Gasteiger partial charge in [-0.2, -0.15) is 4.31 Å². The number of likely N-dealkylation sites (tertiary alicyclic amines) is 1. The van der Waals surface area contributed by atoms with Gasteiger partial charge in [0.25, 0.3) is 5.91 Å². The third-order valence-electron chi connectivity index (χ3n) is 5.07. The molecule has 0 spiro atoms. The highest BCUT2D eigenvalue weighted by atomic mass is 35.5. The maximum atomic E-state index is 12.8. The van der Waals surface area contributed by atoms with Crippen LogP contribution in [0.1, 0.15) is 44.0 Å². The average molecular weight is 418 g/mol. The number of hydrogen-bond donors (Lipinski definition) is 1. The van der Waals surface area contributed by atoms with E-state index in [4.69, 9.17) is 0 Å². The second kappa shape index (κ2) is 10.4. The summed E-state index contributed by atoms with van der Waals surface area (Å²) >= 11 is 0. The summed E-state index contributed by atoms with van der Waals surface area (Å²) in [6.45, 7) is 9.14. The quantitative estimate of drug-likeness (QED) is 0.740. The highest BCUT2D eigenvalue weighted by Crippen LogP contribution is 2.21. The Morgan fingerprint density at radius 2 is 1.93 bits per heavy atom. The van der Waals surface area contributed by atoms with E-state index in [1.165, 1.54) is 10.4 Å². The minimum atomic E-state index is -3.59. The van der Waals surface area contributed by atoms with Gasteiger partial charge < -0.3 is 10.2 Å². The number of carbonyl (C=O) groups excluding carboxylic acids is 1. The number of nitrogens with one attached hydrogen (secondary N) is 1. The van der Waals surface area contributed by atoms with Crippen LogP contribution in [0.2, 0.25) is 0 Å². The molecular formula is C19H32ClN3O3S. The summed E-state index contributed by atoms with van der Waals surface area (Å²) in [6, 6.07) is 6.25. The van der Waals surface area contributed by atoms with Crippen molar-refractivity contribution in [2.45, 2.75) is 44.6 Å². The minimum Gasteiger partial charge on any atom is -0.339 e. The van der Waals surface area contributed by atoms with E-state index in [1.807, 2.05) is 18.7 Å². The predicted molar refractivity (Wildman–Crippen MR) is 111 cm³/mol. The van der Waals surface area contributed by atoms with Gasteiger partial charge >= 0.3 is 0 Å². The van der Waals surface area contributed by atoms with Crippen LogP contribution < -0.4 is 5.32 Å². The topological polar surface area (TPSA) is 69.7 Å². The Balaban J connectivity index is 0.00000364. The lowest BCUT2D eigenvalue weighted by atomic mass is 9.96. The Kier molecular flexibility index (Phi) is 9.21.